The number of hydrogen-bond acceptors (Lipinski definition) is 3. The molecular weight excluding hydrogens is 220 g/mol. The van der Waals surface area contributed by atoms with Crippen LogP contribution in [0.4, 0.5) is 8.78 Å². The Hall–Kier alpha value is -1.20. The van der Waals surface area contributed by atoms with Gasteiger partial charge in [-0.05, 0) is 12.8 Å². The number of esters is 1. The molecule has 1 fully saturated rings. The first-order chi connectivity index (χ1) is 7.44. The van der Waals surface area contributed by atoms with E-state index in [-0.39, 0.29) is 38.1 Å². The summed E-state index contributed by atoms with van der Waals surface area (Å²) in [5.74, 6) is -3.95. The maximum Gasteiger partial charge on any atom is 0.325 e. The number of alkyl halides is 2. The number of nitrogens with one attached hydrogen (secondary N) is 1. The van der Waals surface area contributed by atoms with Crippen LogP contribution in [0.3, 0.4) is 0 Å². The van der Waals surface area contributed by atoms with Gasteiger partial charge in [-0.1, -0.05) is 0 Å². The van der Waals surface area contributed by atoms with Crippen LogP contribution in [0.2, 0.25) is 0 Å². The summed E-state index contributed by atoms with van der Waals surface area (Å²) in [6, 6.07) is 0. The molecule has 0 heterocycles. The minimum absolute atomic E-state index is 0.167. The molecule has 92 valence electrons. The normalized spacial score (nSPS) is 20.2. The summed E-state index contributed by atoms with van der Waals surface area (Å²) in [4.78, 5) is 22.2. The number of halogens is 2. The smallest absolute Gasteiger partial charge is 0.325 e. The quantitative estimate of drug-likeness (QED) is 0.745. The lowest BCUT2D eigenvalue weighted by molar-refractivity contribution is -0.142. The van der Waals surface area contributed by atoms with E-state index >= 15 is 0 Å². The molecule has 0 saturated heterocycles. The van der Waals surface area contributed by atoms with Crippen molar-refractivity contribution in [1.82, 2.24) is 5.32 Å². The predicted molar refractivity (Wildman–Crippen MR) is 51.9 cm³/mol. The van der Waals surface area contributed by atoms with Crippen LogP contribution in [0.15, 0.2) is 0 Å². The SMILES string of the molecule is COC(=O)CNC(=O)C1CCC(F)(F)CC1. The molecule has 0 spiro atoms. The number of methoxy groups -OCH3 is 1. The van der Waals surface area contributed by atoms with Crippen LogP contribution in [0.5, 0.6) is 0 Å². The number of carbonyl (C=O) groups excluding carboxylic acids is 2. The van der Waals surface area contributed by atoms with Gasteiger partial charge in [0.15, 0.2) is 0 Å². The summed E-state index contributed by atoms with van der Waals surface area (Å²) in [7, 11) is 1.22. The number of amides is 1. The van der Waals surface area contributed by atoms with Gasteiger partial charge in [-0.15, -0.1) is 0 Å². The van der Waals surface area contributed by atoms with Crippen LogP contribution < -0.4 is 5.32 Å². The third-order valence-electron chi connectivity index (χ3n) is 2.72. The standard InChI is InChI=1S/C10H15F2NO3/c1-16-8(14)6-13-9(15)7-2-4-10(11,12)5-3-7/h7H,2-6H2,1H3,(H,13,15). The van der Waals surface area contributed by atoms with Crippen molar-refractivity contribution in [2.75, 3.05) is 13.7 Å². The Morgan fingerprint density at radius 1 is 1.38 bits per heavy atom. The van der Waals surface area contributed by atoms with Crippen molar-refractivity contribution >= 4 is 11.9 Å². The zero-order chi connectivity index (χ0) is 12.2. The van der Waals surface area contributed by atoms with Crippen molar-refractivity contribution in [3.05, 3.63) is 0 Å². The molecular formula is C10H15F2NO3. The molecule has 16 heavy (non-hydrogen) atoms. The molecule has 1 aliphatic rings. The minimum Gasteiger partial charge on any atom is -0.468 e. The summed E-state index contributed by atoms with van der Waals surface area (Å²) < 4.78 is 30.0. The number of hydrogen-bond donors (Lipinski definition) is 1. The molecule has 0 aliphatic heterocycles. The van der Waals surface area contributed by atoms with E-state index in [4.69, 9.17) is 0 Å². The van der Waals surface area contributed by atoms with E-state index in [1.165, 1.54) is 7.11 Å². The lowest BCUT2D eigenvalue weighted by atomic mass is 9.86. The molecule has 6 heteroatoms. The van der Waals surface area contributed by atoms with E-state index < -0.39 is 17.8 Å². The fraction of sp³-hybridized carbons (Fsp3) is 0.800. The molecule has 0 bridgehead atoms. The first-order valence-electron chi connectivity index (χ1n) is 5.17. The highest BCUT2D eigenvalue weighted by Crippen LogP contribution is 2.36. The largest absolute Gasteiger partial charge is 0.468 e. The monoisotopic (exact) mass is 235 g/mol. The van der Waals surface area contributed by atoms with Gasteiger partial charge in [-0.25, -0.2) is 8.78 Å². The highest BCUT2D eigenvalue weighted by Gasteiger charge is 2.37. The molecule has 1 aliphatic carbocycles. The van der Waals surface area contributed by atoms with Gasteiger partial charge in [0.25, 0.3) is 0 Å². The van der Waals surface area contributed by atoms with Gasteiger partial charge in [0.2, 0.25) is 11.8 Å². The summed E-state index contributed by atoms with van der Waals surface area (Å²) in [5, 5.41) is 2.37. The van der Waals surface area contributed by atoms with Crippen LogP contribution in [0.25, 0.3) is 0 Å². The van der Waals surface area contributed by atoms with Gasteiger partial charge in [-0.2, -0.15) is 0 Å². The Bertz CT molecular complexity index is 271. The van der Waals surface area contributed by atoms with Gasteiger partial charge in [0.1, 0.15) is 6.54 Å². The van der Waals surface area contributed by atoms with E-state index in [0.29, 0.717) is 0 Å². The summed E-state index contributed by atoms with van der Waals surface area (Å²) in [5.41, 5.74) is 0. The number of carbonyl (C=O) groups is 2. The Morgan fingerprint density at radius 3 is 2.44 bits per heavy atom. The Morgan fingerprint density at radius 2 is 1.94 bits per heavy atom. The van der Waals surface area contributed by atoms with Gasteiger partial charge >= 0.3 is 5.97 Å². The molecule has 0 aromatic rings. The van der Waals surface area contributed by atoms with E-state index in [0.717, 1.165) is 0 Å². The maximum absolute atomic E-state index is 12.8. The molecule has 0 aromatic heterocycles. The van der Waals surface area contributed by atoms with E-state index in [1.54, 1.807) is 0 Å². The van der Waals surface area contributed by atoms with Crippen molar-refractivity contribution < 1.29 is 23.1 Å². The molecule has 1 saturated carbocycles. The average Bonchev–Trinajstić information content (AvgIpc) is 2.25. The topological polar surface area (TPSA) is 55.4 Å². The van der Waals surface area contributed by atoms with Gasteiger partial charge in [0.05, 0.1) is 7.11 Å². The third-order valence-corrected chi connectivity index (χ3v) is 2.72. The highest BCUT2D eigenvalue weighted by atomic mass is 19.3. The second kappa shape index (κ2) is 5.23. The minimum atomic E-state index is -2.64. The molecule has 0 radical (unpaired) electrons. The Balaban J connectivity index is 2.31. The van der Waals surface area contributed by atoms with Gasteiger partial charge in [0, 0.05) is 18.8 Å². The average molecular weight is 235 g/mol. The van der Waals surface area contributed by atoms with Crippen molar-refractivity contribution in [1.29, 1.82) is 0 Å². The molecule has 0 atom stereocenters. The summed E-state index contributed by atoms with van der Waals surface area (Å²) in [6.07, 6.45) is -0.188. The number of ether oxygens (including phenoxy) is 1. The van der Waals surface area contributed by atoms with Crippen LogP contribution in [-0.2, 0) is 14.3 Å². The number of rotatable bonds is 3. The van der Waals surface area contributed by atoms with Crippen LogP contribution in [0.1, 0.15) is 25.7 Å². The molecule has 4 nitrogen and oxygen atoms in total. The second-order valence-electron chi connectivity index (χ2n) is 3.92. The van der Waals surface area contributed by atoms with Crippen molar-refractivity contribution in [2.24, 2.45) is 5.92 Å². The highest BCUT2D eigenvalue weighted by molar-refractivity contribution is 5.83. The fourth-order valence-corrected chi connectivity index (χ4v) is 1.68. The van der Waals surface area contributed by atoms with Crippen LogP contribution in [-0.4, -0.2) is 31.5 Å². The van der Waals surface area contributed by atoms with E-state index in [1.807, 2.05) is 0 Å². The van der Waals surface area contributed by atoms with E-state index in [9.17, 15) is 18.4 Å². The zero-order valence-corrected chi connectivity index (χ0v) is 9.09. The summed E-state index contributed by atoms with van der Waals surface area (Å²) in [6.45, 7) is -0.206. The molecule has 1 amide bonds. The van der Waals surface area contributed by atoms with E-state index in [2.05, 4.69) is 10.1 Å². The summed E-state index contributed by atoms with van der Waals surface area (Å²) >= 11 is 0. The third kappa shape index (κ3) is 3.75. The van der Waals surface area contributed by atoms with Gasteiger partial charge in [-0.3, -0.25) is 9.59 Å². The molecule has 0 aromatic carbocycles. The second-order valence-corrected chi connectivity index (χ2v) is 3.92. The van der Waals surface area contributed by atoms with Crippen LogP contribution in [0, 0.1) is 5.92 Å². The lowest BCUT2D eigenvalue weighted by Crippen LogP contribution is -2.38. The predicted octanol–water partition coefficient (Wildman–Crippen LogP) is 1.10. The molecule has 1 rings (SSSR count). The van der Waals surface area contributed by atoms with Crippen LogP contribution >= 0.6 is 0 Å². The van der Waals surface area contributed by atoms with Crippen molar-refractivity contribution in [3.8, 4) is 0 Å². The Kier molecular flexibility index (Phi) is 4.20. The lowest BCUT2D eigenvalue weighted by Gasteiger charge is -2.27. The van der Waals surface area contributed by atoms with Gasteiger partial charge < -0.3 is 10.1 Å². The maximum atomic E-state index is 12.8. The van der Waals surface area contributed by atoms with Crippen molar-refractivity contribution in [3.63, 3.8) is 0 Å². The zero-order valence-electron chi connectivity index (χ0n) is 9.09. The molecule has 0 unspecified atom stereocenters. The first-order valence-corrected chi connectivity index (χ1v) is 5.17. The fourth-order valence-electron chi connectivity index (χ4n) is 1.68. The molecule has 1 N–H and O–H groups in total. The first kappa shape index (κ1) is 12.9. The Labute approximate surface area is 92.3 Å². The van der Waals surface area contributed by atoms with Crippen molar-refractivity contribution in [2.45, 2.75) is 31.6 Å².